The van der Waals surface area contributed by atoms with E-state index in [1.165, 1.54) is 0 Å². The summed E-state index contributed by atoms with van der Waals surface area (Å²) in [6.07, 6.45) is 16.1. The molecule has 10 rings (SSSR count). The molecule has 58 heavy (non-hydrogen) atoms. The van der Waals surface area contributed by atoms with Crippen LogP contribution >= 0.6 is 0 Å². The number of hydrogen-bond donors (Lipinski definition) is 0. The van der Waals surface area contributed by atoms with E-state index in [4.69, 9.17) is 29.9 Å². The lowest BCUT2D eigenvalue weighted by Gasteiger charge is -2.20. The van der Waals surface area contributed by atoms with Gasteiger partial charge in [-0.3, -0.25) is 0 Å². The molecule has 0 bridgehead atoms. The van der Waals surface area contributed by atoms with Crippen LogP contribution < -0.4 is 0 Å². The highest BCUT2D eigenvalue weighted by Gasteiger charge is 2.22. The third-order valence-corrected chi connectivity index (χ3v) is 10.7. The number of benzene rings is 5. The molecule has 3 heterocycles. The molecule has 0 radical (unpaired) electrons. The minimum atomic E-state index is 0.00983. The van der Waals surface area contributed by atoms with Crippen LogP contribution in [0.2, 0.25) is 0 Å². The third kappa shape index (κ3) is 7.19. The van der Waals surface area contributed by atoms with Gasteiger partial charge in [-0.1, -0.05) is 164 Å². The summed E-state index contributed by atoms with van der Waals surface area (Å²) < 4.78 is 0. The number of rotatable bonds is 8. The van der Waals surface area contributed by atoms with Crippen molar-refractivity contribution < 1.29 is 0 Å². The molecule has 0 fully saturated rings. The predicted molar refractivity (Wildman–Crippen MR) is 235 cm³/mol. The van der Waals surface area contributed by atoms with Gasteiger partial charge in [-0.05, 0) is 49.1 Å². The Hall–Kier alpha value is -7.44. The fourth-order valence-corrected chi connectivity index (χ4v) is 7.63. The molecule has 3 aromatic heterocycles. The standard InChI is InChI=1S/C52H38N6/c1-5-15-35(16-6-1)45-33-46(36-17-7-2-8-18-36)56-51(55-45)41-29-25-39(26-30-41)49-50(54-44-24-14-13-23-43(44)53-49)40-27-31-42(32-28-40)52-57-47(37-19-9-3-10-20-37)34-48(58-52)38-21-11-4-12-22-38/h1-3,5-11,13-27,29-34,40H,4,12,28H2. The highest BCUT2D eigenvalue weighted by atomic mass is 14.9. The van der Waals surface area contributed by atoms with Crippen LogP contribution in [0, 0.1) is 0 Å². The summed E-state index contributed by atoms with van der Waals surface area (Å²) in [7, 11) is 0. The van der Waals surface area contributed by atoms with Crippen LogP contribution in [0.1, 0.15) is 42.4 Å². The first kappa shape index (κ1) is 35.0. The second-order valence-corrected chi connectivity index (χ2v) is 14.5. The average molecular weight is 747 g/mol. The summed E-state index contributed by atoms with van der Waals surface area (Å²) in [6.45, 7) is 0. The molecule has 0 aliphatic heterocycles. The van der Waals surface area contributed by atoms with Crippen LogP contribution in [0.4, 0.5) is 0 Å². The summed E-state index contributed by atoms with van der Waals surface area (Å²) >= 11 is 0. The van der Waals surface area contributed by atoms with E-state index in [2.05, 4.69) is 121 Å². The lowest BCUT2D eigenvalue weighted by Crippen LogP contribution is -2.07. The van der Waals surface area contributed by atoms with Crippen LogP contribution in [-0.2, 0) is 0 Å². The molecule has 8 aromatic rings. The van der Waals surface area contributed by atoms with Crippen LogP contribution in [0.15, 0.2) is 188 Å². The van der Waals surface area contributed by atoms with Crippen molar-refractivity contribution in [3.05, 3.63) is 205 Å². The number of nitrogens with zero attached hydrogens (tertiary/aromatic N) is 6. The summed E-state index contributed by atoms with van der Waals surface area (Å²) in [5.74, 6) is 1.40. The van der Waals surface area contributed by atoms with Gasteiger partial charge in [0.2, 0.25) is 0 Å². The van der Waals surface area contributed by atoms with Crippen molar-refractivity contribution >= 4 is 22.2 Å². The molecule has 6 nitrogen and oxygen atoms in total. The molecular weight excluding hydrogens is 709 g/mol. The lowest BCUT2D eigenvalue weighted by molar-refractivity contribution is 0.819. The first-order chi connectivity index (χ1) is 28.7. The zero-order chi connectivity index (χ0) is 38.7. The van der Waals surface area contributed by atoms with Crippen molar-refractivity contribution in [2.75, 3.05) is 0 Å². The zero-order valence-electron chi connectivity index (χ0n) is 31.8. The van der Waals surface area contributed by atoms with Crippen LogP contribution in [0.5, 0.6) is 0 Å². The number of allylic oxidation sites excluding steroid dienone is 8. The normalized spacial score (nSPS) is 14.9. The maximum absolute atomic E-state index is 5.26. The second kappa shape index (κ2) is 15.6. The number of para-hydroxylation sites is 2. The fourth-order valence-electron chi connectivity index (χ4n) is 7.63. The van der Waals surface area contributed by atoms with Crippen molar-refractivity contribution in [1.29, 1.82) is 0 Å². The smallest absolute Gasteiger partial charge is 0.160 e. The summed E-state index contributed by atoms with van der Waals surface area (Å²) in [4.78, 5) is 30.8. The van der Waals surface area contributed by atoms with Gasteiger partial charge in [0.05, 0.1) is 45.2 Å². The van der Waals surface area contributed by atoms with Gasteiger partial charge in [-0.25, -0.2) is 29.9 Å². The average Bonchev–Trinajstić information content (AvgIpc) is 3.32. The van der Waals surface area contributed by atoms with Crippen LogP contribution in [0.3, 0.4) is 0 Å². The lowest BCUT2D eigenvalue weighted by atomic mass is 9.90. The Morgan fingerprint density at radius 2 is 0.931 bits per heavy atom. The summed E-state index contributed by atoms with van der Waals surface area (Å²) in [5, 5.41) is 0. The van der Waals surface area contributed by atoms with E-state index >= 15 is 0 Å². The van der Waals surface area contributed by atoms with Gasteiger partial charge in [0.15, 0.2) is 11.6 Å². The van der Waals surface area contributed by atoms with E-state index in [1.807, 2.05) is 66.7 Å². The Balaban J connectivity index is 0.997. The van der Waals surface area contributed by atoms with E-state index in [0.29, 0.717) is 5.82 Å². The first-order valence-electron chi connectivity index (χ1n) is 19.8. The third-order valence-electron chi connectivity index (χ3n) is 10.7. The Morgan fingerprint density at radius 1 is 0.397 bits per heavy atom. The SMILES string of the molecule is C1=CC(c2cc(-c3ccccc3)nc(C3=CCC(c4nc5ccccc5nc4-c4ccc(-c5nc(-c6ccccc6)cc(-c6ccccc6)n5)cc4)C=C3)n2)=CCC1. The highest BCUT2D eigenvalue weighted by molar-refractivity contribution is 5.82. The van der Waals surface area contributed by atoms with E-state index in [-0.39, 0.29) is 5.92 Å². The highest BCUT2D eigenvalue weighted by Crippen LogP contribution is 2.37. The molecule has 5 aromatic carbocycles. The van der Waals surface area contributed by atoms with Gasteiger partial charge in [-0.15, -0.1) is 0 Å². The monoisotopic (exact) mass is 746 g/mol. The van der Waals surface area contributed by atoms with Crippen molar-refractivity contribution in [2.24, 2.45) is 0 Å². The molecule has 0 saturated heterocycles. The molecule has 1 atom stereocenters. The van der Waals surface area contributed by atoms with Crippen molar-refractivity contribution in [3.8, 4) is 56.4 Å². The Kier molecular flexibility index (Phi) is 9.41. The van der Waals surface area contributed by atoms with E-state index in [9.17, 15) is 0 Å². The van der Waals surface area contributed by atoms with Gasteiger partial charge in [-0.2, -0.15) is 0 Å². The second-order valence-electron chi connectivity index (χ2n) is 14.5. The largest absolute Gasteiger partial charge is 0.248 e. The molecule has 0 spiro atoms. The molecule has 6 heteroatoms. The minimum absolute atomic E-state index is 0.00983. The van der Waals surface area contributed by atoms with Gasteiger partial charge in [0.25, 0.3) is 0 Å². The topological polar surface area (TPSA) is 77.3 Å². The number of aromatic nitrogens is 6. The maximum atomic E-state index is 5.26. The molecule has 2 aliphatic carbocycles. The summed E-state index contributed by atoms with van der Waals surface area (Å²) in [5.41, 5.74) is 14.4. The molecule has 276 valence electrons. The quantitative estimate of drug-likeness (QED) is 0.154. The van der Waals surface area contributed by atoms with Gasteiger partial charge >= 0.3 is 0 Å². The predicted octanol–water partition coefficient (Wildman–Crippen LogP) is 12.4. The summed E-state index contributed by atoms with van der Waals surface area (Å²) in [6, 6.07) is 51.5. The fraction of sp³-hybridized carbons (Fsp3) is 0.0769. The number of hydrogen-bond acceptors (Lipinski definition) is 6. The Bertz CT molecular complexity index is 2840. The first-order valence-corrected chi connectivity index (χ1v) is 19.8. The molecule has 0 N–H and O–H groups in total. The van der Waals surface area contributed by atoms with Crippen molar-refractivity contribution in [2.45, 2.75) is 25.2 Å². The maximum Gasteiger partial charge on any atom is 0.160 e. The minimum Gasteiger partial charge on any atom is -0.248 e. The molecule has 0 amide bonds. The molecule has 0 saturated carbocycles. The van der Waals surface area contributed by atoms with E-state index in [1.54, 1.807) is 0 Å². The van der Waals surface area contributed by atoms with Crippen LogP contribution in [0.25, 0.3) is 78.6 Å². The molecule has 1 unspecified atom stereocenters. The van der Waals surface area contributed by atoms with E-state index < -0.39 is 0 Å². The zero-order valence-corrected chi connectivity index (χ0v) is 31.8. The van der Waals surface area contributed by atoms with Gasteiger partial charge in [0, 0.05) is 39.3 Å². The Morgan fingerprint density at radius 3 is 1.50 bits per heavy atom. The molecule has 2 aliphatic rings. The van der Waals surface area contributed by atoms with Crippen molar-refractivity contribution in [3.63, 3.8) is 0 Å². The van der Waals surface area contributed by atoms with Crippen molar-refractivity contribution in [1.82, 2.24) is 29.9 Å². The Labute approximate surface area is 337 Å². The van der Waals surface area contributed by atoms with Crippen LogP contribution in [-0.4, -0.2) is 29.9 Å². The molecular formula is C52H38N6. The number of fused-ring (bicyclic) bond motifs is 1. The van der Waals surface area contributed by atoms with E-state index in [0.717, 1.165) is 109 Å². The van der Waals surface area contributed by atoms with Gasteiger partial charge in [0.1, 0.15) is 0 Å². The van der Waals surface area contributed by atoms with Gasteiger partial charge < -0.3 is 0 Å².